The van der Waals surface area contributed by atoms with E-state index in [0.29, 0.717) is 23.4 Å². The fourth-order valence-electron chi connectivity index (χ4n) is 3.81. The van der Waals surface area contributed by atoms with Gasteiger partial charge in [-0.25, -0.2) is 9.97 Å². The van der Waals surface area contributed by atoms with Crippen LogP contribution in [0.2, 0.25) is 0 Å². The molecule has 2 aromatic heterocycles. The van der Waals surface area contributed by atoms with Crippen LogP contribution in [0.4, 0.5) is 0 Å². The van der Waals surface area contributed by atoms with Gasteiger partial charge in [-0.3, -0.25) is 9.78 Å². The number of hydrogen-bond acceptors (Lipinski definition) is 5. The molecule has 1 amide bonds. The highest BCUT2D eigenvalue weighted by molar-refractivity contribution is 5.78. The van der Waals surface area contributed by atoms with Crippen molar-refractivity contribution in [2.45, 2.75) is 33.1 Å². The molecule has 4 rings (SSSR count). The van der Waals surface area contributed by atoms with Crippen LogP contribution < -0.4 is 0 Å². The lowest BCUT2D eigenvalue weighted by Crippen LogP contribution is -2.25. The summed E-state index contributed by atoms with van der Waals surface area (Å²) in [7, 11) is 0. The number of amides is 1. The molecule has 1 fully saturated rings. The van der Waals surface area contributed by atoms with E-state index in [1.54, 1.807) is 19.2 Å². The topological polar surface area (TPSA) is 79.2 Å². The molecular weight excluding hydrogens is 340 g/mol. The molecule has 1 aliphatic rings. The summed E-state index contributed by atoms with van der Waals surface area (Å²) < 4.78 is 0. The van der Waals surface area contributed by atoms with Crippen LogP contribution in [0.15, 0.2) is 30.5 Å². The molecule has 27 heavy (non-hydrogen) atoms. The summed E-state index contributed by atoms with van der Waals surface area (Å²) in [6, 6.07) is 7.51. The lowest BCUT2D eigenvalue weighted by molar-refractivity contribution is -0.127. The fourth-order valence-corrected chi connectivity index (χ4v) is 3.81. The maximum absolute atomic E-state index is 11.6. The summed E-state index contributed by atoms with van der Waals surface area (Å²) in [5.41, 5.74) is 5.52. The largest absolute Gasteiger partial charge is 0.507 e. The lowest BCUT2D eigenvalue weighted by Gasteiger charge is -2.14. The van der Waals surface area contributed by atoms with Crippen molar-refractivity contribution in [1.29, 1.82) is 0 Å². The first kappa shape index (κ1) is 17.4. The summed E-state index contributed by atoms with van der Waals surface area (Å²) in [5, 5.41) is 10.4. The van der Waals surface area contributed by atoms with Gasteiger partial charge in [0.05, 0.1) is 11.4 Å². The van der Waals surface area contributed by atoms with E-state index < -0.39 is 0 Å². The van der Waals surface area contributed by atoms with E-state index in [9.17, 15) is 9.90 Å². The minimum absolute atomic E-state index is 0.0944. The van der Waals surface area contributed by atoms with Crippen LogP contribution in [-0.4, -0.2) is 44.0 Å². The first-order valence-electron chi connectivity index (χ1n) is 9.12. The normalized spacial score (nSPS) is 16.9. The second kappa shape index (κ2) is 6.61. The molecule has 6 nitrogen and oxygen atoms in total. The molecule has 6 heteroatoms. The Morgan fingerprint density at radius 3 is 2.74 bits per heavy atom. The van der Waals surface area contributed by atoms with Crippen LogP contribution in [0.3, 0.4) is 0 Å². The van der Waals surface area contributed by atoms with E-state index in [2.05, 4.69) is 9.97 Å². The Labute approximate surface area is 157 Å². The summed E-state index contributed by atoms with van der Waals surface area (Å²) in [5.74, 6) is 0.499. The van der Waals surface area contributed by atoms with Gasteiger partial charge in [0.25, 0.3) is 0 Å². The summed E-state index contributed by atoms with van der Waals surface area (Å²) in [6.45, 7) is 6.94. The highest BCUT2D eigenvalue weighted by Gasteiger charge is 2.27. The molecule has 0 aliphatic carbocycles. The van der Waals surface area contributed by atoms with Crippen molar-refractivity contribution < 1.29 is 9.90 Å². The van der Waals surface area contributed by atoms with Crippen LogP contribution in [0.5, 0.6) is 5.75 Å². The van der Waals surface area contributed by atoms with Crippen molar-refractivity contribution in [3.05, 3.63) is 47.3 Å². The number of likely N-dealkylation sites (tertiary alicyclic amines) is 1. The smallest absolute Gasteiger partial charge is 0.219 e. The van der Waals surface area contributed by atoms with Gasteiger partial charge in [-0.1, -0.05) is 6.07 Å². The van der Waals surface area contributed by atoms with Crippen LogP contribution in [-0.2, 0) is 4.79 Å². The minimum Gasteiger partial charge on any atom is -0.507 e. The first-order chi connectivity index (χ1) is 12.9. The molecular formula is C21H22N4O2. The number of carbonyl (C=O) groups is 1. The number of aromatic hydroxyl groups is 1. The van der Waals surface area contributed by atoms with E-state index in [1.165, 1.54) is 0 Å². The van der Waals surface area contributed by atoms with Crippen molar-refractivity contribution in [3.63, 3.8) is 0 Å². The van der Waals surface area contributed by atoms with Crippen molar-refractivity contribution in [2.24, 2.45) is 0 Å². The minimum atomic E-state index is 0.0944. The van der Waals surface area contributed by atoms with Crippen molar-refractivity contribution in [2.75, 3.05) is 13.1 Å². The first-order valence-corrected chi connectivity index (χ1v) is 9.12. The monoisotopic (exact) mass is 362 g/mol. The van der Waals surface area contributed by atoms with Gasteiger partial charge in [0.2, 0.25) is 5.91 Å². The van der Waals surface area contributed by atoms with E-state index >= 15 is 0 Å². The van der Waals surface area contributed by atoms with Gasteiger partial charge >= 0.3 is 0 Å². The number of aryl methyl sites for hydroxylation is 2. The Hall–Kier alpha value is -3.02. The van der Waals surface area contributed by atoms with E-state index in [1.807, 2.05) is 36.9 Å². The Bertz CT molecular complexity index is 1020. The number of hydrogen-bond donors (Lipinski definition) is 1. The van der Waals surface area contributed by atoms with Gasteiger partial charge in [-0.05, 0) is 49.6 Å². The third-order valence-corrected chi connectivity index (χ3v) is 5.19. The van der Waals surface area contributed by atoms with E-state index in [0.717, 1.165) is 35.3 Å². The Kier molecular flexibility index (Phi) is 4.26. The van der Waals surface area contributed by atoms with Gasteiger partial charge in [-0.15, -0.1) is 0 Å². The zero-order chi connectivity index (χ0) is 19.1. The number of benzene rings is 1. The number of rotatable bonds is 2. The molecule has 138 valence electrons. The maximum atomic E-state index is 11.6. The maximum Gasteiger partial charge on any atom is 0.219 e. The molecule has 0 saturated carbocycles. The van der Waals surface area contributed by atoms with E-state index in [4.69, 9.17) is 4.98 Å². The molecule has 0 spiro atoms. The molecule has 1 saturated heterocycles. The molecule has 1 aliphatic heterocycles. The van der Waals surface area contributed by atoms with Crippen molar-refractivity contribution >= 4 is 17.1 Å². The Balaban J connectivity index is 1.73. The predicted octanol–water partition coefficient (Wildman–Crippen LogP) is 3.35. The number of fused-ring (bicyclic) bond motifs is 1. The molecule has 1 atom stereocenters. The molecule has 0 unspecified atom stereocenters. The molecule has 0 bridgehead atoms. The van der Waals surface area contributed by atoms with Crippen molar-refractivity contribution in [1.82, 2.24) is 19.9 Å². The molecule has 1 N–H and O–H groups in total. The van der Waals surface area contributed by atoms with Gasteiger partial charge in [0.15, 0.2) is 5.65 Å². The Morgan fingerprint density at radius 2 is 2.04 bits per heavy atom. The number of nitrogens with zero attached hydrogens (tertiary/aromatic N) is 4. The number of aromatic nitrogens is 3. The number of phenolic OH excluding ortho intramolecular Hbond substituents is 1. The molecule has 1 aromatic carbocycles. The molecule has 3 heterocycles. The second-order valence-corrected chi connectivity index (χ2v) is 7.26. The SMILES string of the molecule is CC(=O)N1CC[C@@H](c2cnc3ccc(-c4c(C)cc(C)cc4O)nc3n2)C1. The zero-order valence-corrected chi connectivity index (χ0v) is 15.7. The van der Waals surface area contributed by atoms with Crippen LogP contribution in [0.25, 0.3) is 22.4 Å². The highest BCUT2D eigenvalue weighted by atomic mass is 16.3. The van der Waals surface area contributed by atoms with Crippen molar-refractivity contribution in [3.8, 4) is 17.0 Å². The quantitative estimate of drug-likeness (QED) is 0.756. The standard InChI is InChI=1S/C21H22N4O2/c1-12-8-13(2)20(19(27)9-12)16-4-5-17-21(23-16)24-18(10-22-17)15-6-7-25(11-15)14(3)26/h4-5,8-10,15,27H,6-7,11H2,1-3H3/t15-/m1/s1. The molecule has 0 radical (unpaired) electrons. The predicted molar refractivity (Wildman–Crippen MR) is 104 cm³/mol. The van der Waals surface area contributed by atoms with Crippen LogP contribution in [0.1, 0.15) is 36.1 Å². The van der Waals surface area contributed by atoms with Crippen LogP contribution in [0, 0.1) is 13.8 Å². The third-order valence-electron chi connectivity index (χ3n) is 5.19. The Morgan fingerprint density at radius 1 is 1.22 bits per heavy atom. The van der Waals surface area contributed by atoms with E-state index in [-0.39, 0.29) is 17.6 Å². The lowest BCUT2D eigenvalue weighted by atomic mass is 10.0. The van der Waals surface area contributed by atoms with Gasteiger partial charge < -0.3 is 10.0 Å². The number of pyridine rings is 1. The summed E-state index contributed by atoms with van der Waals surface area (Å²) in [4.78, 5) is 27.3. The highest BCUT2D eigenvalue weighted by Crippen LogP contribution is 2.33. The van der Waals surface area contributed by atoms with Gasteiger partial charge in [0, 0.05) is 37.7 Å². The summed E-state index contributed by atoms with van der Waals surface area (Å²) >= 11 is 0. The third kappa shape index (κ3) is 3.23. The average molecular weight is 362 g/mol. The van der Waals surface area contributed by atoms with Gasteiger partial charge in [-0.2, -0.15) is 0 Å². The fraction of sp³-hybridized carbons (Fsp3) is 0.333. The zero-order valence-electron chi connectivity index (χ0n) is 15.7. The van der Waals surface area contributed by atoms with Gasteiger partial charge in [0.1, 0.15) is 11.3 Å². The van der Waals surface area contributed by atoms with Crippen LogP contribution >= 0.6 is 0 Å². The average Bonchev–Trinajstić information content (AvgIpc) is 3.10. The number of carbonyl (C=O) groups excluding carboxylic acids is 1. The second-order valence-electron chi connectivity index (χ2n) is 7.26. The number of phenols is 1. The molecule has 3 aromatic rings. The summed E-state index contributed by atoms with van der Waals surface area (Å²) in [6.07, 6.45) is 2.67.